The molecule has 36 heavy (non-hydrogen) atoms. The number of fused-ring (bicyclic) bond motifs is 1. The molecule has 0 radical (unpaired) electrons. The fourth-order valence-electron chi connectivity index (χ4n) is 4.37. The number of carbonyl (C=O) groups excluding carboxylic acids is 2. The SMILES string of the molecule is CC1=C(C(=O)Nc2ccccc2)C(c2cc(C)ccc2C)N2C(CC(=O)NCCN(C)C)=CSC2=N1. The third-order valence-electron chi connectivity index (χ3n) is 6.23. The largest absolute Gasteiger partial charge is 0.354 e. The summed E-state index contributed by atoms with van der Waals surface area (Å²) in [6.07, 6.45) is 0.216. The van der Waals surface area contributed by atoms with Gasteiger partial charge in [0.1, 0.15) is 0 Å². The summed E-state index contributed by atoms with van der Waals surface area (Å²) in [6, 6.07) is 15.3. The highest BCUT2D eigenvalue weighted by Crippen LogP contribution is 2.45. The Morgan fingerprint density at radius 3 is 2.56 bits per heavy atom. The van der Waals surface area contributed by atoms with Crippen molar-refractivity contribution < 1.29 is 9.59 Å². The van der Waals surface area contributed by atoms with Gasteiger partial charge in [-0.1, -0.05) is 53.7 Å². The molecule has 0 aromatic heterocycles. The number of nitrogens with zero attached hydrogens (tertiary/aromatic N) is 3. The van der Waals surface area contributed by atoms with Crippen LogP contribution in [0.15, 0.2) is 75.9 Å². The highest BCUT2D eigenvalue weighted by Gasteiger charge is 2.41. The lowest BCUT2D eigenvalue weighted by Gasteiger charge is -2.37. The Kier molecular flexibility index (Phi) is 7.96. The lowest BCUT2D eigenvalue weighted by atomic mass is 9.89. The van der Waals surface area contributed by atoms with Crippen molar-refractivity contribution in [2.45, 2.75) is 33.2 Å². The summed E-state index contributed by atoms with van der Waals surface area (Å²) in [5.74, 6) is -0.245. The number of para-hydroxylation sites is 1. The summed E-state index contributed by atoms with van der Waals surface area (Å²) >= 11 is 1.49. The van der Waals surface area contributed by atoms with Gasteiger partial charge in [0.15, 0.2) is 5.17 Å². The molecule has 188 valence electrons. The van der Waals surface area contributed by atoms with Crippen LogP contribution >= 0.6 is 11.8 Å². The Labute approximate surface area is 217 Å². The molecule has 2 aliphatic heterocycles. The van der Waals surface area contributed by atoms with Crippen molar-refractivity contribution in [3.63, 3.8) is 0 Å². The molecule has 2 N–H and O–H groups in total. The fraction of sp³-hybridized carbons (Fsp3) is 0.321. The molecule has 0 saturated carbocycles. The average Bonchev–Trinajstić information content (AvgIpc) is 3.22. The molecule has 0 bridgehead atoms. The smallest absolute Gasteiger partial charge is 0.255 e. The van der Waals surface area contributed by atoms with Crippen LogP contribution in [0, 0.1) is 13.8 Å². The highest BCUT2D eigenvalue weighted by atomic mass is 32.2. The summed E-state index contributed by atoms with van der Waals surface area (Å²) in [4.78, 5) is 35.4. The standard InChI is InChI=1S/C28H33N5O2S/c1-18-11-12-19(2)23(15-18)26-25(27(35)31-21-9-7-6-8-10-21)20(3)30-28-33(26)22(17-36-28)16-24(34)29-13-14-32(4)5/h6-12,15,17,26H,13-14,16H2,1-5H3,(H,29,34)(H,31,35). The zero-order chi connectivity index (χ0) is 25.8. The molecule has 8 heteroatoms. The van der Waals surface area contributed by atoms with E-state index < -0.39 is 6.04 Å². The quantitative estimate of drug-likeness (QED) is 0.551. The maximum Gasteiger partial charge on any atom is 0.255 e. The summed E-state index contributed by atoms with van der Waals surface area (Å²) < 4.78 is 0. The number of nitrogens with one attached hydrogen (secondary N) is 2. The summed E-state index contributed by atoms with van der Waals surface area (Å²) in [5.41, 5.74) is 6.04. The Bertz CT molecular complexity index is 1250. The summed E-state index contributed by atoms with van der Waals surface area (Å²) in [5, 5.41) is 8.81. The normalized spacial score (nSPS) is 17.1. The predicted molar refractivity (Wildman–Crippen MR) is 148 cm³/mol. The lowest BCUT2D eigenvalue weighted by Crippen LogP contribution is -2.39. The molecule has 2 heterocycles. The van der Waals surface area contributed by atoms with Crippen LogP contribution in [-0.4, -0.2) is 54.0 Å². The van der Waals surface area contributed by atoms with Crippen LogP contribution < -0.4 is 10.6 Å². The summed E-state index contributed by atoms with van der Waals surface area (Å²) in [6.45, 7) is 7.34. The van der Waals surface area contributed by atoms with Gasteiger partial charge in [0.2, 0.25) is 5.91 Å². The Morgan fingerprint density at radius 2 is 1.83 bits per heavy atom. The third-order valence-corrected chi connectivity index (χ3v) is 7.12. The van der Waals surface area contributed by atoms with Gasteiger partial charge in [0.25, 0.3) is 5.91 Å². The molecular weight excluding hydrogens is 470 g/mol. The number of allylic oxidation sites excluding steroid dienone is 1. The van der Waals surface area contributed by atoms with Gasteiger partial charge in [0, 0.05) is 24.5 Å². The number of anilines is 1. The number of aryl methyl sites for hydroxylation is 2. The van der Waals surface area contributed by atoms with Crippen molar-refractivity contribution in [3.05, 3.63) is 87.6 Å². The number of hydrogen-bond acceptors (Lipinski definition) is 6. The third kappa shape index (κ3) is 5.71. The first-order chi connectivity index (χ1) is 17.2. The predicted octanol–water partition coefficient (Wildman–Crippen LogP) is 4.58. The van der Waals surface area contributed by atoms with E-state index in [1.807, 2.05) is 61.7 Å². The van der Waals surface area contributed by atoms with E-state index in [0.29, 0.717) is 17.8 Å². The fourth-order valence-corrected chi connectivity index (χ4v) is 5.34. The minimum atomic E-state index is -0.392. The van der Waals surface area contributed by atoms with Crippen LogP contribution in [0.5, 0.6) is 0 Å². The van der Waals surface area contributed by atoms with Crippen molar-refractivity contribution in [2.24, 2.45) is 4.99 Å². The van der Waals surface area contributed by atoms with Gasteiger partial charge in [0.05, 0.1) is 23.7 Å². The number of likely N-dealkylation sites (N-methyl/N-ethyl adjacent to an activating group) is 1. The number of amidine groups is 1. The Balaban J connectivity index is 1.70. The molecular formula is C28H33N5O2S. The van der Waals surface area contributed by atoms with Crippen LogP contribution in [0.3, 0.4) is 0 Å². The van der Waals surface area contributed by atoms with E-state index in [1.54, 1.807) is 0 Å². The molecule has 0 fully saturated rings. The van der Waals surface area contributed by atoms with Crippen LogP contribution in [0.4, 0.5) is 5.69 Å². The first-order valence-electron chi connectivity index (χ1n) is 12.0. The number of aliphatic imine (C=N–C) groups is 1. The topological polar surface area (TPSA) is 77.0 Å². The minimum Gasteiger partial charge on any atom is -0.354 e. The first kappa shape index (κ1) is 25.7. The van der Waals surface area contributed by atoms with Gasteiger partial charge < -0.3 is 20.4 Å². The van der Waals surface area contributed by atoms with Crippen molar-refractivity contribution in [3.8, 4) is 0 Å². The van der Waals surface area contributed by atoms with E-state index in [9.17, 15) is 9.59 Å². The molecule has 4 rings (SSSR count). The van der Waals surface area contributed by atoms with Gasteiger partial charge in [-0.05, 0) is 63.5 Å². The van der Waals surface area contributed by atoms with Crippen LogP contribution in [0.1, 0.15) is 36.1 Å². The molecule has 7 nitrogen and oxygen atoms in total. The van der Waals surface area contributed by atoms with E-state index in [1.165, 1.54) is 11.8 Å². The maximum atomic E-state index is 13.7. The van der Waals surface area contributed by atoms with Crippen molar-refractivity contribution in [1.82, 2.24) is 15.1 Å². The van der Waals surface area contributed by atoms with E-state index in [2.05, 4.69) is 47.6 Å². The van der Waals surface area contributed by atoms with Crippen molar-refractivity contribution >= 4 is 34.4 Å². The maximum absolute atomic E-state index is 13.7. The monoisotopic (exact) mass is 503 g/mol. The zero-order valence-corrected chi connectivity index (χ0v) is 22.3. The van der Waals surface area contributed by atoms with Gasteiger partial charge >= 0.3 is 0 Å². The van der Waals surface area contributed by atoms with Crippen LogP contribution in [-0.2, 0) is 9.59 Å². The van der Waals surface area contributed by atoms with Crippen LogP contribution in [0.25, 0.3) is 0 Å². The number of benzene rings is 2. The highest BCUT2D eigenvalue weighted by molar-refractivity contribution is 8.16. The van der Waals surface area contributed by atoms with E-state index in [4.69, 9.17) is 4.99 Å². The number of amides is 2. The molecule has 2 aromatic rings. The molecule has 2 aromatic carbocycles. The molecule has 2 aliphatic rings. The average molecular weight is 504 g/mol. The number of hydrogen-bond donors (Lipinski definition) is 2. The van der Waals surface area contributed by atoms with Crippen molar-refractivity contribution in [1.29, 1.82) is 0 Å². The van der Waals surface area contributed by atoms with E-state index >= 15 is 0 Å². The molecule has 1 unspecified atom stereocenters. The lowest BCUT2D eigenvalue weighted by molar-refractivity contribution is -0.120. The van der Waals surface area contributed by atoms with Gasteiger partial charge in [-0.25, -0.2) is 4.99 Å². The number of thioether (sulfide) groups is 1. The number of carbonyl (C=O) groups is 2. The second-order valence-electron chi connectivity index (χ2n) is 9.40. The Morgan fingerprint density at radius 1 is 1.08 bits per heavy atom. The van der Waals surface area contributed by atoms with E-state index in [0.717, 1.165) is 39.8 Å². The molecule has 2 amide bonds. The number of rotatable bonds is 8. The van der Waals surface area contributed by atoms with Gasteiger partial charge in [-0.15, -0.1) is 0 Å². The van der Waals surface area contributed by atoms with Gasteiger partial charge in [-0.3, -0.25) is 9.59 Å². The Hall–Kier alpha value is -3.36. The minimum absolute atomic E-state index is 0.0498. The van der Waals surface area contributed by atoms with Gasteiger partial charge in [-0.2, -0.15) is 0 Å². The van der Waals surface area contributed by atoms with E-state index in [-0.39, 0.29) is 18.2 Å². The summed E-state index contributed by atoms with van der Waals surface area (Å²) in [7, 11) is 3.95. The molecule has 0 aliphatic carbocycles. The van der Waals surface area contributed by atoms with Crippen LogP contribution in [0.2, 0.25) is 0 Å². The van der Waals surface area contributed by atoms with Crippen molar-refractivity contribution in [2.75, 3.05) is 32.5 Å². The second kappa shape index (κ2) is 11.1. The first-order valence-corrected chi connectivity index (χ1v) is 12.9. The zero-order valence-electron chi connectivity index (χ0n) is 21.5. The molecule has 0 saturated heterocycles. The molecule has 0 spiro atoms. The second-order valence-corrected chi connectivity index (χ2v) is 10.2. The molecule has 1 atom stereocenters.